The molecular formula is C19H28FN3O3. The SMILES string of the molecule is C[C@H](NC(=O)OC(C)(C)C)[C@@H]1CCCCN1C(=O)Nc1ccc(F)cc1. The maximum Gasteiger partial charge on any atom is 0.407 e. The van der Waals surface area contributed by atoms with E-state index in [0.717, 1.165) is 19.3 Å². The number of carbonyl (C=O) groups is 2. The first-order valence-electron chi connectivity index (χ1n) is 8.98. The van der Waals surface area contributed by atoms with Crippen molar-refractivity contribution in [2.75, 3.05) is 11.9 Å². The predicted molar refractivity (Wildman–Crippen MR) is 98.6 cm³/mol. The van der Waals surface area contributed by atoms with Gasteiger partial charge >= 0.3 is 12.1 Å². The molecule has 1 aromatic rings. The fourth-order valence-electron chi connectivity index (χ4n) is 3.05. The van der Waals surface area contributed by atoms with Crippen molar-refractivity contribution in [3.05, 3.63) is 30.1 Å². The third-order valence-electron chi connectivity index (χ3n) is 4.23. The number of anilines is 1. The molecule has 1 aliphatic rings. The van der Waals surface area contributed by atoms with Crippen LogP contribution in [0.15, 0.2) is 24.3 Å². The van der Waals surface area contributed by atoms with E-state index in [4.69, 9.17) is 4.74 Å². The van der Waals surface area contributed by atoms with Gasteiger partial charge in [0.1, 0.15) is 11.4 Å². The number of hydrogen-bond acceptors (Lipinski definition) is 3. The van der Waals surface area contributed by atoms with Crippen molar-refractivity contribution in [1.29, 1.82) is 0 Å². The first kappa shape index (κ1) is 20.0. The summed E-state index contributed by atoms with van der Waals surface area (Å²) < 4.78 is 18.3. The van der Waals surface area contributed by atoms with Gasteiger partial charge in [0.25, 0.3) is 0 Å². The molecule has 2 atom stereocenters. The minimum atomic E-state index is -0.573. The van der Waals surface area contributed by atoms with Crippen LogP contribution >= 0.6 is 0 Å². The van der Waals surface area contributed by atoms with Crippen LogP contribution in [0.4, 0.5) is 19.7 Å². The molecule has 0 unspecified atom stereocenters. The summed E-state index contributed by atoms with van der Waals surface area (Å²) in [5.74, 6) is -0.353. The monoisotopic (exact) mass is 365 g/mol. The molecule has 2 rings (SSSR count). The second-order valence-corrected chi connectivity index (χ2v) is 7.63. The maximum absolute atomic E-state index is 13.0. The van der Waals surface area contributed by atoms with Crippen LogP contribution in [0.5, 0.6) is 0 Å². The fraction of sp³-hybridized carbons (Fsp3) is 0.579. The summed E-state index contributed by atoms with van der Waals surface area (Å²) in [6, 6.07) is 5.02. The molecule has 0 bridgehead atoms. The molecule has 1 fully saturated rings. The third-order valence-corrected chi connectivity index (χ3v) is 4.23. The van der Waals surface area contributed by atoms with Crippen LogP contribution in [0.25, 0.3) is 0 Å². The number of benzene rings is 1. The van der Waals surface area contributed by atoms with Gasteiger partial charge in [-0.25, -0.2) is 14.0 Å². The number of rotatable bonds is 3. The Kier molecular flexibility index (Phi) is 6.45. The molecular weight excluding hydrogens is 337 g/mol. The molecule has 0 spiro atoms. The van der Waals surface area contributed by atoms with Crippen molar-refractivity contribution in [2.45, 2.75) is 64.6 Å². The van der Waals surface area contributed by atoms with E-state index in [1.807, 2.05) is 6.92 Å². The number of hydrogen-bond donors (Lipinski definition) is 2. The van der Waals surface area contributed by atoms with Crippen molar-refractivity contribution in [2.24, 2.45) is 0 Å². The Morgan fingerprint density at radius 2 is 1.88 bits per heavy atom. The van der Waals surface area contributed by atoms with E-state index in [0.29, 0.717) is 12.2 Å². The molecule has 0 radical (unpaired) electrons. The average molecular weight is 365 g/mol. The van der Waals surface area contributed by atoms with E-state index in [2.05, 4.69) is 10.6 Å². The lowest BCUT2D eigenvalue weighted by molar-refractivity contribution is 0.0465. The summed E-state index contributed by atoms with van der Waals surface area (Å²) in [6.45, 7) is 7.90. The van der Waals surface area contributed by atoms with Gasteiger partial charge in [-0.15, -0.1) is 0 Å². The number of nitrogens with zero attached hydrogens (tertiary/aromatic N) is 1. The number of halogens is 1. The smallest absolute Gasteiger partial charge is 0.407 e. The molecule has 0 saturated carbocycles. The lowest BCUT2D eigenvalue weighted by atomic mass is 9.97. The highest BCUT2D eigenvalue weighted by Gasteiger charge is 2.32. The Morgan fingerprint density at radius 1 is 1.23 bits per heavy atom. The quantitative estimate of drug-likeness (QED) is 0.846. The summed E-state index contributed by atoms with van der Waals surface area (Å²) in [6.07, 6.45) is 2.21. The lowest BCUT2D eigenvalue weighted by Gasteiger charge is -2.39. The molecule has 3 amide bonds. The summed E-state index contributed by atoms with van der Waals surface area (Å²) in [5.41, 5.74) is -0.0378. The highest BCUT2D eigenvalue weighted by Crippen LogP contribution is 2.22. The molecule has 2 N–H and O–H groups in total. The van der Waals surface area contributed by atoms with Crippen LogP contribution in [0.1, 0.15) is 47.0 Å². The second-order valence-electron chi connectivity index (χ2n) is 7.63. The second kappa shape index (κ2) is 8.38. The van der Waals surface area contributed by atoms with Gasteiger partial charge in [0.05, 0.1) is 6.04 Å². The highest BCUT2D eigenvalue weighted by atomic mass is 19.1. The van der Waals surface area contributed by atoms with E-state index < -0.39 is 11.7 Å². The normalized spacial score (nSPS) is 18.8. The number of piperidine rings is 1. The molecule has 1 aliphatic heterocycles. The van der Waals surface area contributed by atoms with Crippen molar-refractivity contribution in [3.8, 4) is 0 Å². The molecule has 7 heteroatoms. The number of carbonyl (C=O) groups excluding carboxylic acids is 2. The Hall–Kier alpha value is -2.31. The highest BCUT2D eigenvalue weighted by molar-refractivity contribution is 5.89. The topological polar surface area (TPSA) is 70.7 Å². The summed E-state index contributed by atoms with van der Waals surface area (Å²) in [5, 5.41) is 5.62. The summed E-state index contributed by atoms with van der Waals surface area (Å²) in [7, 11) is 0. The van der Waals surface area contributed by atoms with Crippen LogP contribution in [0.2, 0.25) is 0 Å². The van der Waals surface area contributed by atoms with Crippen molar-refractivity contribution in [3.63, 3.8) is 0 Å². The summed E-state index contributed by atoms with van der Waals surface area (Å²) >= 11 is 0. The molecule has 0 aliphatic carbocycles. The zero-order chi connectivity index (χ0) is 19.3. The number of amides is 3. The Bertz CT molecular complexity index is 628. The molecule has 1 saturated heterocycles. The zero-order valence-electron chi connectivity index (χ0n) is 15.8. The summed E-state index contributed by atoms with van der Waals surface area (Å²) in [4.78, 5) is 26.4. The van der Waals surface area contributed by atoms with Crippen LogP contribution in [-0.2, 0) is 4.74 Å². The fourth-order valence-corrected chi connectivity index (χ4v) is 3.05. The molecule has 1 aromatic carbocycles. The number of ether oxygens (including phenoxy) is 1. The van der Waals surface area contributed by atoms with Gasteiger partial charge in [-0.05, 0) is 71.2 Å². The van der Waals surface area contributed by atoms with Gasteiger partial charge < -0.3 is 20.3 Å². The Balaban J connectivity index is 2.00. The van der Waals surface area contributed by atoms with Gasteiger partial charge in [-0.1, -0.05) is 0 Å². The van der Waals surface area contributed by atoms with Crippen LogP contribution < -0.4 is 10.6 Å². The van der Waals surface area contributed by atoms with Gasteiger partial charge in [0, 0.05) is 18.3 Å². The maximum atomic E-state index is 13.0. The Labute approximate surface area is 154 Å². The van der Waals surface area contributed by atoms with Gasteiger partial charge in [-0.2, -0.15) is 0 Å². The molecule has 26 heavy (non-hydrogen) atoms. The molecule has 0 aromatic heterocycles. The van der Waals surface area contributed by atoms with Crippen molar-refractivity contribution < 1.29 is 18.7 Å². The van der Waals surface area contributed by atoms with Gasteiger partial charge in [0.15, 0.2) is 0 Å². The third kappa shape index (κ3) is 5.89. The first-order chi connectivity index (χ1) is 12.2. The van der Waals surface area contributed by atoms with E-state index in [1.54, 1.807) is 25.7 Å². The van der Waals surface area contributed by atoms with E-state index in [9.17, 15) is 14.0 Å². The van der Waals surface area contributed by atoms with Crippen LogP contribution in [0, 0.1) is 5.82 Å². The van der Waals surface area contributed by atoms with E-state index in [-0.39, 0.29) is 23.9 Å². The standard InChI is InChI=1S/C19H28FN3O3/c1-13(21-18(25)26-19(2,3)4)16-7-5-6-12-23(16)17(24)22-15-10-8-14(20)9-11-15/h8-11,13,16H,5-7,12H2,1-4H3,(H,21,25)(H,22,24)/t13-,16-/m0/s1. The minimum Gasteiger partial charge on any atom is -0.444 e. The number of alkyl carbamates (subject to hydrolysis) is 1. The van der Waals surface area contributed by atoms with E-state index in [1.165, 1.54) is 24.3 Å². The predicted octanol–water partition coefficient (Wildman–Crippen LogP) is 4.13. The van der Waals surface area contributed by atoms with Crippen molar-refractivity contribution >= 4 is 17.8 Å². The number of likely N-dealkylation sites (tertiary alicyclic amines) is 1. The van der Waals surface area contributed by atoms with Gasteiger partial charge in [0.2, 0.25) is 0 Å². The Morgan fingerprint density at radius 3 is 2.50 bits per heavy atom. The first-order valence-corrected chi connectivity index (χ1v) is 8.98. The van der Waals surface area contributed by atoms with Crippen LogP contribution in [0.3, 0.4) is 0 Å². The molecule has 144 valence electrons. The largest absolute Gasteiger partial charge is 0.444 e. The zero-order valence-corrected chi connectivity index (χ0v) is 15.8. The number of urea groups is 1. The average Bonchev–Trinajstić information content (AvgIpc) is 2.55. The van der Waals surface area contributed by atoms with Crippen molar-refractivity contribution in [1.82, 2.24) is 10.2 Å². The minimum absolute atomic E-state index is 0.128. The number of nitrogens with one attached hydrogen (secondary N) is 2. The molecule has 6 nitrogen and oxygen atoms in total. The van der Waals surface area contributed by atoms with E-state index >= 15 is 0 Å². The molecule has 1 heterocycles. The van der Waals surface area contributed by atoms with Gasteiger partial charge in [-0.3, -0.25) is 0 Å². The lowest BCUT2D eigenvalue weighted by Crippen LogP contribution is -2.55. The van der Waals surface area contributed by atoms with Crippen LogP contribution in [-0.4, -0.2) is 41.3 Å².